The van der Waals surface area contributed by atoms with Crippen LogP contribution >= 0.6 is 23.2 Å². The highest BCUT2D eigenvalue weighted by Gasteiger charge is 2.27. The molecule has 0 spiro atoms. The number of hydrogen-bond acceptors (Lipinski definition) is 4. The van der Waals surface area contributed by atoms with Crippen molar-refractivity contribution in [3.05, 3.63) is 58.6 Å². The monoisotopic (exact) mass is 478 g/mol. The van der Waals surface area contributed by atoms with E-state index in [1.54, 1.807) is 62.4 Å². The molecule has 1 aliphatic carbocycles. The molecule has 1 fully saturated rings. The summed E-state index contributed by atoms with van der Waals surface area (Å²) in [4.78, 5) is 25.0. The summed E-state index contributed by atoms with van der Waals surface area (Å²) >= 11 is 11.9. The number of benzene rings is 2. The number of carbonyl (C=O) groups is 2. The molecule has 172 valence electrons. The fourth-order valence-electron chi connectivity index (χ4n) is 3.62. The lowest BCUT2D eigenvalue weighted by atomic mass is 9.91. The van der Waals surface area contributed by atoms with Crippen LogP contribution in [0, 0.1) is 0 Å². The smallest absolute Gasteiger partial charge is 0.260 e. The largest absolute Gasteiger partial charge is 0.481 e. The Bertz CT molecular complexity index is 856. The second kappa shape index (κ2) is 11.4. The molecule has 3 rings (SSSR count). The summed E-state index contributed by atoms with van der Waals surface area (Å²) in [6.07, 6.45) is 1.87. The third-order valence-corrected chi connectivity index (χ3v) is 5.85. The van der Waals surface area contributed by atoms with Gasteiger partial charge in [0.1, 0.15) is 11.5 Å². The number of carbonyl (C=O) groups excluding carboxylic acids is 2. The minimum atomic E-state index is -0.629. The Kier molecular flexibility index (Phi) is 8.65. The Balaban J connectivity index is 1.39. The van der Waals surface area contributed by atoms with Gasteiger partial charge in [0.15, 0.2) is 12.2 Å². The number of amides is 2. The third kappa shape index (κ3) is 7.31. The van der Waals surface area contributed by atoms with E-state index in [1.807, 2.05) is 0 Å². The van der Waals surface area contributed by atoms with Gasteiger partial charge in [-0.05, 0) is 75.9 Å². The predicted octanol–water partition coefficient (Wildman–Crippen LogP) is 4.77. The van der Waals surface area contributed by atoms with Crippen molar-refractivity contribution in [2.24, 2.45) is 0 Å². The number of hydrogen-bond donors (Lipinski definition) is 2. The molecule has 8 heteroatoms. The number of rotatable bonds is 8. The van der Waals surface area contributed by atoms with Crippen LogP contribution in [0.2, 0.25) is 10.0 Å². The molecule has 0 aromatic heterocycles. The van der Waals surface area contributed by atoms with Crippen molar-refractivity contribution in [3.63, 3.8) is 0 Å². The molecular formula is C24H28Cl2N2O4. The summed E-state index contributed by atoms with van der Waals surface area (Å²) in [6, 6.07) is 14.1. The van der Waals surface area contributed by atoms with E-state index in [2.05, 4.69) is 10.6 Å². The van der Waals surface area contributed by atoms with Gasteiger partial charge in [-0.15, -0.1) is 0 Å². The molecule has 6 nitrogen and oxygen atoms in total. The topological polar surface area (TPSA) is 76.7 Å². The fourth-order valence-corrected chi connectivity index (χ4v) is 3.98. The first-order valence-corrected chi connectivity index (χ1v) is 11.5. The molecule has 0 heterocycles. The van der Waals surface area contributed by atoms with E-state index in [9.17, 15) is 9.59 Å². The van der Waals surface area contributed by atoms with Crippen molar-refractivity contribution in [1.82, 2.24) is 10.6 Å². The SMILES string of the molecule is CC(Oc1cccc(Cl)c1)C(=O)NC1CCC(NC(=O)C(C)Oc2cccc(Cl)c2)CC1. The van der Waals surface area contributed by atoms with E-state index in [0.29, 0.717) is 21.5 Å². The van der Waals surface area contributed by atoms with Gasteiger partial charge < -0.3 is 20.1 Å². The average molecular weight is 479 g/mol. The molecule has 1 saturated carbocycles. The van der Waals surface area contributed by atoms with Crippen LogP contribution in [0.1, 0.15) is 39.5 Å². The van der Waals surface area contributed by atoms with E-state index in [4.69, 9.17) is 32.7 Å². The van der Waals surface area contributed by atoms with Crippen LogP contribution in [-0.2, 0) is 9.59 Å². The molecule has 0 saturated heterocycles. The van der Waals surface area contributed by atoms with Gasteiger partial charge in [-0.3, -0.25) is 9.59 Å². The van der Waals surface area contributed by atoms with Gasteiger partial charge in [-0.2, -0.15) is 0 Å². The number of ether oxygens (including phenoxy) is 2. The van der Waals surface area contributed by atoms with Crippen molar-refractivity contribution in [2.45, 2.75) is 63.8 Å². The molecule has 2 aromatic rings. The van der Waals surface area contributed by atoms with Crippen molar-refractivity contribution in [2.75, 3.05) is 0 Å². The second-order valence-electron chi connectivity index (χ2n) is 8.00. The average Bonchev–Trinajstić information content (AvgIpc) is 2.75. The summed E-state index contributed by atoms with van der Waals surface area (Å²) in [5.74, 6) is 0.781. The van der Waals surface area contributed by atoms with Crippen LogP contribution in [-0.4, -0.2) is 36.1 Å². The van der Waals surface area contributed by atoms with Crippen LogP contribution in [0.5, 0.6) is 11.5 Å². The van der Waals surface area contributed by atoms with Crippen LogP contribution in [0.4, 0.5) is 0 Å². The van der Waals surface area contributed by atoms with Gasteiger partial charge in [0.25, 0.3) is 11.8 Å². The van der Waals surface area contributed by atoms with E-state index in [1.165, 1.54) is 0 Å². The lowest BCUT2D eigenvalue weighted by Crippen LogP contribution is -2.48. The Hall–Kier alpha value is -2.44. The Morgan fingerprint density at radius 1 is 0.781 bits per heavy atom. The lowest BCUT2D eigenvalue weighted by molar-refractivity contribution is -0.129. The highest BCUT2D eigenvalue weighted by atomic mass is 35.5. The molecule has 0 radical (unpaired) electrons. The molecule has 32 heavy (non-hydrogen) atoms. The van der Waals surface area contributed by atoms with E-state index in [-0.39, 0.29) is 23.9 Å². The minimum absolute atomic E-state index is 0.0567. The summed E-state index contributed by atoms with van der Waals surface area (Å²) in [6.45, 7) is 3.42. The fraction of sp³-hybridized carbons (Fsp3) is 0.417. The summed E-state index contributed by atoms with van der Waals surface area (Å²) in [5, 5.41) is 7.20. The van der Waals surface area contributed by atoms with Gasteiger partial charge in [0.05, 0.1) is 0 Å². The molecule has 2 amide bonds. The molecule has 2 aromatic carbocycles. The number of halogens is 2. The standard InChI is InChI=1S/C24H28Cl2N2O4/c1-15(31-21-7-3-5-17(25)13-21)23(29)27-19-9-11-20(12-10-19)28-24(30)16(2)32-22-8-4-6-18(26)14-22/h3-8,13-16,19-20H,9-12H2,1-2H3,(H,27,29)(H,28,30). The molecule has 1 aliphatic rings. The van der Waals surface area contributed by atoms with Crippen molar-refractivity contribution in [3.8, 4) is 11.5 Å². The highest BCUT2D eigenvalue weighted by Crippen LogP contribution is 2.22. The Morgan fingerprint density at radius 3 is 1.50 bits per heavy atom. The van der Waals surface area contributed by atoms with Gasteiger partial charge in [0, 0.05) is 22.1 Å². The van der Waals surface area contributed by atoms with Gasteiger partial charge in [-0.1, -0.05) is 35.3 Å². The third-order valence-electron chi connectivity index (χ3n) is 5.38. The summed E-state index contributed by atoms with van der Waals surface area (Å²) < 4.78 is 11.4. The molecule has 0 bridgehead atoms. The molecule has 0 aliphatic heterocycles. The zero-order valence-corrected chi connectivity index (χ0v) is 19.7. The van der Waals surface area contributed by atoms with Gasteiger partial charge in [-0.25, -0.2) is 0 Å². The Labute approximate surface area is 198 Å². The normalized spacial score (nSPS) is 20.0. The molecule has 2 unspecified atom stereocenters. The molecule has 2 N–H and O–H groups in total. The first-order valence-electron chi connectivity index (χ1n) is 10.8. The summed E-state index contributed by atoms with van der Waals surface area (Å²) in [5.41, 5.74) is 0. The summed E-state index contributed by atoms with van der Waals surface area (Å²) in [7, 11) is 0. The van der Waals surface area contributed by atoms with Crippen LogP contribution in [0.15, 0.2) is 48.5 Å². The predicted molar refractivity (Wildman–Crippen MR) is 125 cm³/mol. The van der Waals surface area contributed by atoms with Gasteiger partial charge >= 0.3 is 0 Å². The van der Waals surface area contributed by atoms with Crippen LogP contribution in [0.3, 0.4) is 0 Å². The molecular weight excluding hydrogens is 451 g/mol. The maximum absolute atomic E-state index is 12.5. The molecule has 2 atom stereocenters. The number of nitrogens with one attached hydrogen (secondary N) is 2. The van der Waals surface area contributed by atoms with Crippen molar-refractivity contribution < 1.29 is 19.1 Å². The van der Waals surface area contributed by atoms with Crippen LogP contribution in [0.25, 0.3) is 0 Å². The highest BCUT2D eigenvalue weighted by molar-refractivity contribution is 6.31. The van der Waals surface area contributed by atoms with Crippen molar-refractivity contribution >= 4 is 35.0 Å². The maximum atomic E-state index is 12.5. The van der Waals surface area contributed by atoms with Crippen molar-refractivity contribution in [1.29, 1.82) is 0 Å². The van der Waals surface area contributed by atoms with E-state index < -0.39 is 12.2 Å². The minimum Gasteiger partial charge on any atom is -0.481 e. The van der Waals surface area contributed by atoms with Crippen LogP contribution < -0.4 is 20.1 Å². The quantitative estimate of drug-likeness (QED) is 0.572. The first-order chi connectivity index (χ1) is 15.3. The lowest BCUT2D eigenvalue weighted by Gasteiger charge is -2.31. The zero-order valence-electron chi connectivity index (χ0n) is 18.1. The van der Waals surface area contributed by atoms with Gasteiger partial charge in [0.2, 0.25) is 0 Å². The van der Waals surface area contributed by atoms with E-state index in [0.717, 1.165) is 25.7 Å². The van der Waals surface area contributed by atoms with E-state index >= 15 is 0 Å². The second-order valence-corrected chi connectivity index (χ2v) is 8.87. The zero-order chi connectivity index (χ0) is 23.1. The maximum Gasteiger partial charge on any atom is 0.260 e. The Morgan fingerprint density at radius 2 is 1.16 bits per heavy atom. The first kappa shape index (κ1) is 24.2.